The summed E-state index contributed by atoms with van der Waals surface area (Å²) in [4.78, 5) is 2.11. The van der Waals surface area contributed by atoms with Gasteiger partial charge < -0.3 is 4.90 Å². The van der Waals surface area contributed by atoms with Crippen LogP contribution in [0.2, 0.25) is 6.04 Å². The van der Waals surface area contributed by atoms with E-state index in [1.807, 2.05) is 0 Å². The molecular weight excluding hydrogens is 234 g/mol. The molecule has 0 fully saturated rings. The highest BCUT2D eigenvalue weighted by molar-refractivity contribution is 7.14. The third-order valence-electron chi connectivity index (χ3n) is 2.56. The largest absolute Gasteiger partial charge is 0.378 e. The van der Waals surface area contributed by atoms with Crippen molar-refractivity contribution in [2.45, 2.75) is 26.8 Å². The van der Waals surface area contributed by atoms with Crippen molar-refractivity contribution in [3.05, 3.63) is 24.3 Å². The molecule has 0 amide bonds. The average molecular weight is 256 g/mol. The minimum Gasteiger partial charge on any atom is -0.378 e. The van der Waals surface area contributed by atoms with Gasteiger partial charge in [-0.05, 0) is 28.8 Å². The van der Waals surface area contributed by atoms with Crippen LogP contribution in [0.1, 0.15) is 20.8 Å². The van der Waals surface area contributed by atoms with Crippen LogP contribution in [0.3, 0.4) is 0 Å². The van der Waals surface area contributed by atoms with Crippen LogP contribution in [0.5, 0.6) is 0 Å². The Morgan fingerprint density at radius 1 is 1.12 bits per heavy atom. The molecule has 90 valence electrons. The second-order valence-electron chi connectivity index (χ2n) is 5.72. The van der Waals surface area contributed by atoms with Gasteiger partial charge in [0.25, 0.3) is 0 Å². The van der Waals surface area contributed by atoms with Gasteiger partial charge in [0.15, 0.2) is 8.11 Å². The summed E-state index contributed by atoms with van der Waals surface area (Å²) in [6.07, 6.45) is 0. The van der Waals surface area contributed by atoms with E-state index < -0.39 is 8.11 Å². The van der Waals surface area contributed by atoms with Crippen LogP contribution in [0.15, 0.2) is 24.3 Å². The third kappa shape index (κ3) is 4.18. The first-order valence-electron chi connectivity index (χ1n) is 5.71. The van der Waals surface area contributed by atoms with Crippen molar-refractivity contribution in [2.75, 3.05) is 19.0 Å². The molecule has 16 heavy (non-hydrogen) atoms. The van der Waals surface area contributed by atoms with E-state index in [9.17, 15) is 0 Å². The lowest BCUT2D eigenvalue weighted by atomic mass is 10.0. The fraction of sp³-hybridized carbons (Fsp3) is 0.538. The second kappa shape index (κ2) is 5.24. The van der Waals surface area contributed by atoms with Crippen molar-refractivity contribution in [1.29, 1.82) is 0 Å². The van der Waals surface area contributed by atoms with Crippen LogP contribution < -0.4 is 10.1 Å². The second-order valence-corrected chi connectivity index (χ2v) is 9.31. The van der Waals surface area contributed by atoms with Crippen molar-refractivity contribution in [3.8, 4) is 0 Å². The minimum atomic E-state index is -1.28. The number of hydrogen-bond donors (Lipinski definition) is 0. The molecule has 1 nitrogen and oxygen atoms in total. The Morgan fingerprint density at radius 2 is 1.62 bits per heavy atom. The van der Waals surface area contributed by atoms with Gasteiger partial charge in [-0.3, -0.25) is 0 Å². The van der Waals surface area contributed by atoms with Crippen LogP contribution in [-0.2, 0) is 0 Å². The van der Waals surface area contributed by atoms with Gasteiger partial charge >= 0.3 is 0 Å². The summed E-state index contributed by atoms with van der Waals surface area (Å²) < 4.78 is 0. The van der Waals surface area contributed by atoms with Gasteiger partial charge in [-0.2, -0.15) is 11.1 Å². The van der Waals surface area contributed by atoms with Crippen LogP contribution in [0.25, 0.3) is 0 Å². The molecule has 0 radical (unpaired) electrons. The molecule has 0 N–H and O–H groups in total. The topological polar surface area (TPSA) is 3.24 Å². The van der Waals surface area contributed by atoms with Crippen molar-refractivity contribution in [1.82, 2.24) is 0 Å². The van der Waals surface area contributed by atoms with Crippen molar-refractivity contribution in [2.24, 2.45) is 5.41 Å². The number of halogens is 1. The molecule has 1 unspecified atom stereocenters. The van der Waals surface area contributed by atoms with Crippen LogP contribution in [0, 0.1) is 5.41 Å². The number of rotatable bonds is 3. The average Bonchev–Trinajstić information content (AvgIpc) is 2.15. The van der Waals surface area contributed by atoms with Gasteiger partial charge in [0.1, 0.15) is 0 Å². The molecule has 1 rings (SSSR count). The molecule has 3 heteroatoms. The summed E-state index contributed by atoms with van der Waals surface area (Å²) >= 11 is 6.55. The molecule has 1 aromatic rings. The summed E-state index contributed by atoms with van der Waals surface area (Å²) in [6.45, 7) is 6.76. The first-order chi connectivity index (χ1) is 7.29. The Kier molecular flexibility index (Phi) is 4.45. The van der Waals surface area contributed by atoms with E-state index in [1.54, 1.807) is 0 Å². The highest BCUT2D eigenvalue weighted by Crippen LogP contribution is 2.23. The predicted molar refractivity (Wildman–Crippen MR) is 77.7 cm³/mol. The zero-order valence-electron chi connectivity index (χ0n) is 10.9. The van der Waals surface area contributed by atoms with Gasteiger partial charge in [-0.15, -0.1) is 0 Å². The Bertz CT molecular complexity index is 327. The third-order valence-corrected chi connectivity index (χ3v) is 6.47. The molecule has 0 saturated carbocycles. The Hall–Kier alpha value is -0.473. The molecule has 0 saturated heterocycles. The monoisotopic (exact) mass is 255 g/mol. The van der Waals surface area contributed by atoms with E-state index >= 15 is 0 Å². The van der Waals surface area contributed by atoms with Gasteiger partial charge in [0.05, 0.1) is 0 Å². The molecule has 0 aliphatic heterocycles. The molecule has 0 aliphatic carbocycles. The molecule has 0 heterocycles. The van der Waals surface area contributed by atoms with Gasteiger partial charge in [-0.25, -0.2) is 0 Å². The van der Waals surface area contributed by atoms with Crippen LogP contribution in [0.4, 0.5) is 5.69 Å². The molecule has 0 bridgehead atoms. The normalized spacial score (nSPS) is 13.6. The lowest BCUT2D eigenvalue weighted by Gasteiger charge is -2.21. The van der Waals surface area contributed by atoms with E-state index in [4.69, 9.17) is 11.1 Å². The number of anilines is 1. The van der Waals surface area contributed by atoms with Crippen LogP contribution >= 0.6 is 11.1 Å². The minimum absolute atomic E-state index is 0.332. The SMILES string of the molecule is CN(C)c1ccc([SiH](Cl)CC(C)(C)C)cc1. The fourth-order valence-corrected chi connectivity index (χ4v) is 5.38. The summed E-state index contributed by atoms with van der Waals surface area (Å²) in [5, 5.41) is 1.35. The maximum Gasteiger partial charge on any atom is 0.171 e. The van der Waals surface area contributed by atoms with Gasteiger partial charge in [-0.1, -0.05) is 32.9 Å². The Morgan fingerprint density at radius 3 is 2.00 bits per heavy atom. The van der Waals surface area contributed by atoms with Crippen LogP contribution in [-0.4, -0.2) is 22.2 Å². The van der Waals surface area contributed by atoms with E-state index in [2.05, 4.69) is 64.0 Å². The fourth-order valence-electron chi connectivity index (χ4n) is 1.64. The van der Waals surface area contributed by atoms with E-state index in [1.165, 1.54) is 10.9 Å². The zero-order chi connectivity index (χ0) is 12.3. The van der Waals surface area contributed by atoms with Gasteiger partial charge in [0, 0.05) is 19.8 Å². The molecule has 0 aliphatic rings. The summed E-state index contributed by atoms with van der Waals surface area (Å²) in [5.41, 5.74) is 1.57. The van der Waals surface area contributed by atoms with E-state index in [0.717, 1.165) is 6.04 Å². The summed E-state index contributed by atoms with van der Waals surface area (Å²) in [7, 11) is 2.83. The standard InChI is InChI=1S/C13H22ClNSi/c1-13(2,3)10-16(14)12-8-6-11(7-9-12)15(4)5/h6-9,16H,10H2,1-5H3. The van der Waals surface area contributed by atoms with Crippen molar-refractivity contribution >= 4 is 30.1 Å². The zero-order valence-corrected chi connectivity index (χ0v) is 12.8. The number of benzene rings is 1. The lowest BCUT2D eigenvalue weighted by Crippen LogP contribution is -2.28. The Labute approximate surface area is 106 Å². The lowest BCUT2D eigenvalue weighted by molar-refractivity contribution is 0.467. The Balaban J connectivity index is 2.74. The first-order valence-corrected chi connectivity index (χ1v) is 8.85. The number of nitrogens with zero attached hydrogens (tertiary/aromatic N) is 1. The van der Waals surface area contributed by atoms with E-state index in [-0.39, 0.29) is 0 Å². The highest BCUT2D eigenvalue weighted by Gasteiger charge is 2.19. The van der Waals surface area contributed by atoms with Crippen molar-refractivity contribution < 1.29 is 0 Å². The quantitative estimate of drug-likeness (QED) is 0.593. The highest BCUT2D eigenvalue weighted by atomic mass is 35.6. The van der Waals surface area contributed by atoms with Crippen molar-refractivity contribution in [3.63, 3.8) is 0 Å². The molecular formula is C13H22ClNSi. The van der Waals surface area contributed by atoms with Gasteiger partial charge in [0.2, 0.25) is 0 Å². The first kappa shape index (κ1) is 13.6. The molecule has 1 aromatic carbocycles. The predicted octanol–water partition coefficient (Wildman–Crippen LogP) is 2.97. The number of hydrogen-bond acceptors (Lipinski definition) is 1. The maximum absolute atomic E-state index is 6.55. The smallest absolute Gasteiger partial charge is 0.171 e. The molecule has 0 spiro atoms. The maximum atomic E-state index is 6.55. The van der Waals surface area contributed by atoms with E-state index in [0.29, 0.717) is 5.41 Å². The molecule has 1 atom stereocenters. The molecule has 0 aromatic heterocycles. The summed E-state index contributed by atoms with van der Waals surface area (Å²) in [5.74, 6) is 0. The summed E-state index contributed by atoms with van der Waals surface area (Å²) in [6, 6.07) is 9.81.